The lowest BCUT2D eigenvalue weighted by molar-refractivity contribution is 0.137. The van der Waals surface area contributed by atoms with E-state index in [0.717, 1.165) is 5.69 Å². The number of aliphatic hydroxyl groups excluding tert-OH is 1. The maximum atomic E-state index is 9.72. The summed E-state index contributed by atoms with van der Waals surface area (Å²) in [5, 5.41) is 9.72. The van der Waals surface area contributed by atoms with E-state index in [1.165, 1.54) is 0 Å². The summed E-state index contributed by atoms with van der Waals surface area (Å²) in [7, 11) is 1.60. The van der Waals surface area contributed by atoms with E-state index >= 15 is 0 Å². The molecule has 2 atom stereocenters. The van der Waals surface area contributed by atoms with Crippen molar-refractivity contribution in [1.29, 1.82) is 0 Å². The largest absolute Gasteiger partial charge is 0.481 e. The van der Waals surface area contributed by atoms with Gasteiger partial charge in [0.15, 0.2) is 0 Å². The van der Waals surface area contributed by atoms with Gasteiger partial charge in [0.05, 0.1) is 18.9 Å². The normalized spacial score (nSPS) is 15.1. The van der Waals surface area contributed by atoms with Crippen LogP contribution in [0, 0.1) is 5.92 Å². The summed E-state index contributed by atoms with van der Waals surface area (Å²) in [4.78, 5) is 4.35. The molecular weight excluding hydrogens is 190 g/mol. The van der Waals surface area contributed by atoms with Crippen LogP contribution in [0.1, 0.15) is 32.4 Å². The molecule has 1 N–H and O–H groups in total. The minimum Gasteiger partial charge on any atom is -0.481 e. The second-order valence-electron chi connectivity index (χ2n) is 4.12. The van der Waals surface area contributed by atoms with E-state index < -0.39 is 6.10 Å². The quantitative estimate of drug-likeness (QED) is 0.826. The van der Waals surface area contributed by atoms with Crippen molar-refractivity contribution >= 4 is 0 Å². The number of hydrogen-bond donors (Lipinski definition) is 1. The van der Waals surface area contributed by atoms with Gasteiger partial charge < -0.3 is 9.84 Å². The molecule has 2 unspecified atom stereocenters. The highest BCUT2D eigenvalue weighted by Gasteiger charge is 2.22. The number of pyridine rings is 1. The Hall–Kier alpha value is -1.09. The van der Waals surface area contributed by atoms with E-state index in [2.05, 4.69) is 18.8 Å². The van der Waals surface area contributed by atoms with Gasteiger partial charge in [-0.15, -0.1) is 0 Å². The fourth-order valence-corrected chi connectivity index (χ4v) is 1.88. The number of aliphatic hydroxyl groups is 1. The minimum absolute atomic E-state index is 0.0556. The highest BCUT2D eigenvalue weighted by Crippen LogP contribution is 2.27. The van der Waals surface area contributed by atoms with E-state index in [9.17, 15) is 5.11 Å². The molecule has 0 aliphatic heterocycles. The summed E-state index contributed by atoms with van der Waals surface area (Å²) in [6.07, 6.45) is -0.399. The lowest BCUT2D eigenvalue weighted by Crippen LogP contribution is -2.21. The predicted molar refractivity (Wildman–Crippen MR) is 60.0 cm³/mol. The summed E-state index contributed by atoms with van der Waals surface area (Å²) < 4.78 is 5.07. The molecule has 0 spiro atoms. The highest BCUT2D eigenvalue weighted by molar-refractivity contribution is 5.19. The lowest BCUT2D eigenvalue weighted by Gasteiger charge is -2.23. The first-order valence-electron chi connectivity index (χ1n) is 5.25. The molecule has 0 aliphatic carbocycles. The number of rotatable bonds is 4. The Balaban J connectivity index is 3.00. The average Bonchev–Trinajstić information content (AvgIpc) is 2.17. The van der Waals surface area contributed by atoms with Crippen LogP contribution in [0.15, 0.2) is 18.2 Å². The first-order chi connectivity index (χ1) is 7.06. The van der Waals surface area contributed by atoms with Crippen LogP contribution in [0.2, 0.25) is 0 Å². The molecule has 0 aromatic carbocycles. The van der Waals surface area contributed by atoms with Crippen molar-refractivity contribution in [3.8, 4) is 5.88 Å². The Kier molecular flexibility index (Phi) is 4.09. The summed E-state index contributed by atoms with van der Waals surface area (Å²) in [5.74, 6) is 1.00. The fourth-order valence-electron chi connectivity index (χ4n) is 1.88. The van der Waals surface area contributed by atoms with Crippen LogP contribution in [-0.4, -0.2) is 23.3 Å². The van der Waals surface area contributed by atoms with Crippen molar-refractivity contribution in [3.05, 3.63) is 23.9 Å². The molecule has 3 heteroatoms. The molecule has 0 amide bonds. The standard InChI is InChI=1S/C12H19NO2/c1-8(2)12(9(3)14)10-6-5-7-11(13-10)15-4/h5-9,12,14H,1-4H3. The van der Waals surface area contributed by atoms with Gasteiger partial charge in [-0.2, -0.15) is 0 Å². The molecule has 84 valence electrons. The molecule has 1 heterocycles. The maximum absolute atomic E-state index is 9.72. The Morgan fingerprint density at radius 1 is 1.27 bits per heavy atom. The second kappa shape index (κ2) is 5.12. The number of methoxy groups -OCH3 is 1. The Morgan fingerprint density at radius 3 is 2.40 bits per heavy atom. The molecule has 1 aromatic heterocycles. The van der Waals surface area contributed by atoms with E-state index in [4.69, 9.17) is 4.74 Å². The zero-order chi connectivity index (χ0) is 11.4. The molecule has 0 bridgehead atoms. The fraction of sp³-hybridized carbons (Fsp3) is 0.583. The van der Waals surface area contributed by atoms with Crippen LogP contribution in [0.5, 0.6) is 5.88 Å². The third kappa shape index (κ3) is 2.93. The molecule has 1 aromatic rings. The summed E-state index contributed by atoms with van der Waals surface area (Å²) >= 11 is 0. The molecule has 1 rings (SSSR count). The Bertz CT molecular complexity index is 302. The van der Waals surface area contributed by atoms with Gasteiger partial charge in [-0.3, -0.25) is 0 Å². The van der Waals surface area contributed by atoms with Crippen LogP contribution in [0.4, 0.5) is 0 Å². The first kappa shape index (κ1) is 12.0. The monoisotopic (exact) mass is 209 g/mol. The molecule has 0 saturated heterocycles. The van der Waals surface area contributed by atoms with E-state index in [1.807, 2.05) is 18.2 Å². The van der Waals surface area contributed by atoms with Gasteiger partial charge in [-0.05, 0) is 18.9 Å². The van der Waals surface area contributed by atoms with Crippen molar-refractivity contribution in [2.75, 3.05) is 7.11 Å². The summed E-state index contributed by atoms with van der Waals surface area (Å²) in [6, 6.07) is 5.64. The van der Waals surface area contributed by atoms with Crippen molar-refractivity contribution in [2.45, 2.75) is 32.8 Å². The molecule has 0 radical (unpaired) electrons. The molecule has 15 heavy (non-hydrogen) atoms. The Morgan fingerprint density at radius 2 is 1.93 bits per heavy atom. The third-order valence-electron chi connectivity index (χ3n) is 2.53. The van der Waals surface area contributed by atoms with Crippen LogP contribution in [0.3, 0.4) is 0 Å². The predicted octanol–water partition coefficient (Wildman–Crippen LogP) is 2.21. The zero-order valence-electron chi connectivity index (χ0n) is 9.77. The molecule has 3 nitrogen and oxygen atoms in total. The molecule has 0 saturated carbocycles. The van der Waals surface area contributed by atoms with Crippen molar-refractivity contribution in [3.63, 3.8) is 0 Å². The first-order valence-corrected chi connectivity index (χ1v) is 5.25. The van der Waals surface area contributed by atoms with Crippen molar-refractivity contribution < 1.29 is 9.84 Å². The minimum atomic E-state index is -0.399. The van der Waals surface area contributed by atoms with Crippen molar-refractivity contribution in [2.24, 2.45) is 5.92 Å². The molecule has 0 aliphatic rings. The van der Waals surface area contributed by atoms with Crippen LogP contribution in [0.25, 0.3) is 0 Å². The van der Waals surface area contributed by atoms with Gasteiger partial charge in [-0.1, -0.05) is 19.9 Å². The van der Waals surface area contributed by atoms with Crippen LogP contribution < -0.4 is 4.74 Å². The topological polar surface area (TPSA) is 42.4 Å². The van der Waals surface area contributed by atoms with Crippen LogP contribution >= 0.6 is 0 Å². The average molecular weight is 209 g/mol. The maximum Gasteiger partial charge on any atom is 0.213 e. The summed E-state index contributed by atoms with van der Waals surface area (Å²) in [6.45, 7) is 5.96. The van der Waals surface area contributed by atoms with Gasteiger partial charge in [-0.25, -0.2) is 4.98 Å². The van der Waals surface area contributed by atoms with E-state index in [-0.39, 0.29) is 5.92 Å². The van der Waals surface area contributed by atoms with Gasteiger partial charge >= 0.3 is 0 Å². The third-order valence-corrected chi connectivity index (χ3v) is 2.53. The van der Waals surface area contributed by atoms with E-state index in [1.54, 1.807) is 14.0 Å². The summed E-state index contributed by atoms with van der Waals surface area (Å²) in [5.41, 5.74) is 0.888. The highest BCUT2D eigenvalue weighted by atomic mass is 16.5. The van der Waals surface area contributed by atoms with Gasteiger partial charge in [0.25, 0.3) is 0 Å². The van der Waals surface area contributed by atoms with Crippen LogP contribution in [-0.2, 0) is 0 Å². The Labute approximate surface area is 91.1 Å². The number of aromatic nitrogens is 1. The molecular formula is C12H19NO2. The zero-order valence-corrected chi connectivity index (χ0v) is 9.77. The van der Waals surface area contributed by atoms with E-state index in [0.29, 0.717) is 11.8 Å². The van der Waals surface area contributed by atoms with Crippen molar-refractivity contribution in [1.82, 2.24) is 4.98 Å². The number of nitrogens with zero attached hydrogens (tertiary/aromatic N) is 1. The lowest BCUT2D eigenvalue weighted by atomic mass is 9.88. The smallest absolute Gasteiger partial charge is 0.213 e. The number of hydrogen-bond acceptors (Lipinski definition) is 3. The number of ether oxygens (including phenoxy) is 1. The SMILES string of the molecule is COc1cccc(C(C(C)C)C(C)O)n1. The van der Waals surface area contributed by atoms with Gasteiger partial charge in [0.1, 0.15) is 0 Å². The van der Waals surface area contributed by atoms with Gasteiger partial charge in [0, 0.05) is 12.0 Å². The second-order valence-corrected chi connectivity index (χ2v) is 4.12. The molecule has 0 fully saturated rings. The van der Waals surface area contributed by atoms with Gasteiger partial charge in [0.2, 0.25) is 5.88 Å².